The number of hydrogen-bond donors (Lipinski definition) is 2. The zero-order chi connectivity index (χ0) is 15.9. The molecule has 118 valence electrons. The number of nitrogens with one attached hydrogen (secondary N) is 2. The molecule has 0 radical (unpaired) electrons. The molecule has 0 aliphatic carbocycles. The summed E-state index contributed by atoms with van der Waals surface area (Å²) in [7, 11) is 0. The van der Waals surface area contributed by atoms with Crippen LogP contribution in [0.2, 0.25) is 0 Å². The Bertz CT molecular complexity index is 622. The Morgan fingerprint density at radius 2 is 2.18 bits per heavy atom. The number of hydrogen-bond acceptors (Lipinski definition) is 4. The Morgan fingerprint density at radius 1 is 1.36 bits per heavy atom. The molecule has 0 bridgehead atoms. The van der Waals surface area contributed by atoms with Crippen molar-refractivity contribution >= 4 is 11.7 Å². The molecule has 0 aliphatic heterocycles. The highest BCUT2D eigenvalue weighted by Gasteiger charge is 2.10. The molecule has 2 aromatic heterocycles. The van der Waals surface area contributed by atoms with Gasteiger partial charge >= 0.3 is 0 Å². The lowest BCUT2D eigenvalue weighted by Gasteiger charge is -2.09. The lowest BCUT2D eigenvalue weighted by molar-refractivity contribution is 0.102. The normalized spacial score (nSPS) is 10.7. The average Bonchev–Trinajstić information content (AvgIpc) is 2.92. The molecular weight excluding hydrogens is 280 g/mol. The Balaban J connectivity index is 2.01. The SMILES string of the molecule is CCCCc1cc(NC(=O)c2cncc(OC(C)C)c2)n[nH]1. The minimum atomic E-state index is -0.254. The number of aryl methyl sites for hydroxylation is 1. The lowest BCUT2D eigenvalue weighted by atomic mass is 10.2. The number of anilines is 1. The fraction of sp³-hybridized carbons (Fsp3) is 0.438. The summed E-state index contributed by atoms with van der Waals surface area (Å²) >= 11 is 0. The van der Waals surface area contributed by atoms with E-state index in [9.17, 15) is 4.79 Å². The van der Waals surface area contributed by atoms with Gasteiger partial charge in [0.2, 0.25) is 0 Å². The predicted octanol–water partition coefficient (Wildman–Crippen LogP) is 3.19. The molecular formula is C16H22N4O2. The van der Waals surface area contributed by atoms with E-state index in [-0.39, 0.29) is 12.0 Å². The van der Waals surface area contributed by atoms with Crippen LogP contribution in [0.5, 0.6) is 5.75 Å². The molecule has 6 nitrogen and oxygen atoms in total. The highest BCUT2D eigenvalue weighted by atomic mass is 16.5. The van der Waals surface area contributed by atoms with E-state index < -0.39 is 0 Å². The summed E-state index contributed by atoms with van der Waals surface area (Å²) in [6.45, 7) is 5.99. The van der Waals surface area contributed by atoms with Gasteiger partial charge in [-0.05, 0) is 32.8 Å². The van der Waals surface area contributed by atoms with Crippen molar-refractivity contribution in [3.63, 3.8) is 0 Å². The number of H-pyrrole nitrogens is 1. The molecule has 0 atom stereocenters. The summed E-state index contributed by atoms with van der Waals surface area (Å²) in [5.74, 6) is 0.842. The molecule has 2 aromatic rings. The summed E-state index contributed by atoms with van der Waals surface area (Å²) in [5, 5.41) is 9.79. The van der Waals surface area contributed by atoms with Gasteiger partial charge in [-0.3, -0.25) is 14.9 Å². The minimum Gasteiger partial charge on any atom is -0.489 e. The van der Waals surface area contributed by atoms with E-state index in [1.807, 2.05) is 19.9 Å². The first-order valence-electron chi connectivity index (χ1n) is 7.55. The Hall–Kier alpha value is -2.37. The Kier molecular flexibility index (Phi) is 5.52. The van der Waals surface area contributed by atoms with E-state index in [0.717, 1.165) is 25.0 Å². The van der Waals surface area contributed by atoms with Crippen LogP contribution in [0.25, 0.3) is 0 Å². The highest BCUT2D eigenvalue weighted by molar-refractivity contribution is 6.03. The van der Waals surface area contributed by atoms with Crippen LogP contribution < -0.4 is 10.1 Å². The molecule has 0 fully saturated rings. The molecule has 0 saturated carbocycles. The molecule has 1 amide bonds. The smallest absolute Gasteiger partial charge is 0.258 e. The molecule has 0 unspecified atom stereocenters. The van der Waals surface area contributed by atoms with Crippen LogP contribution in [0.15, 0.2) is 24.5 Å². The first-order valence-corrected chi connectivity index (χ1v) is 7.55. The van der Waals surface area contributed by atoms with E-state index in [4.69, 9.17) is 4.74 Å². The van der Waals surface area contributed by atoms with Crippen LogP contribution in [0, 0.1) is 0 Å². The third-order valence-electron chi connectivity index (χ3n) is 3.02. The second kappa shape index (κ2) is 7.59. The predicted molar refractivity (Wildman–Crippen MR) is 85.2 cm³/mol. The molecule has 0 saturated heterocycles. The van der Waals surface area contributed by atoms with Gasteiger partial charge in [0.25, 0.3) is 5.91 Å². The van der Waals surface area contributed by atoms with E-state index in [2.05, 4.69) is 27.4 Å². The van der Waals surface area contributed by atoms with Crippen LogP contribution >= 0.6 is 0 Å². The van der Waals surface area contributed by atoms with Crippen molar-refractivity contribution in [2.45, 2.75) is 46.1 Å². The maximum atomic E-state index is 12.2. The largest absolute Gasteiger partial charge is 0.489 e. The monoisotopic (exact) mass is 302 g/mol. The molecule has 2 heterocycles. The third kappa shape index (κ3) is 4.58. The number of amides is 1. The number of carbonyl (C=O) groups excluding carboxylic acids is 1. The summed E-state index contributed by atoms with van der Waals surface area (Å²) in [5.41, 5.74) is 1.46. The van der Waals surface area contributed by atoms with Gasteiger partial charge in [0.15, 0.2) is 5.82 Å². The lowest BCUT2D eigenvalue weighted by Crippen LogP contribution is -2.13. The van der Waals surface area contributed by atoms with Gasteiger partial charge in [-0.2, -0.15) is 5.10 Å². The summed E-state index contributed by atoms with van der Waals surface area (Å²) in [6, 6.07) is 3.53. The van der Waals surface area contributed by atoms with Gasteiger partial charge in [0.1, 0.15) is 5.75 Å². The number of aromatic amines is 1. The number of aromatic nitrogens is 3. The molecule has 0 aliphatic rings. The number of rotatable bonds is 7. The summed E-state index contributed by atoms with van der Waals surface area (Å²) in [6.07, 6.45) is 6.27. The number of unbranched alkanes of at least 4 members (excludes halogenated alkanes) is 1. The Morgan fingerprint density at radius 3 is 2.91 bits per heavy atom. The van der Waals surface area contributed by atoms with Crippen molar-refractivity contribution in [3.8, 4) is 5.75 Å². The van der Waals surface area contributed by atoms with Gasteiger partial charge in [-0.15, -0.1) is 0 Å². The quantitative estimate of drug-likeness (QED) is 0.823. The molecule has 0 spiro atoms. The van der Waals surface area contributed by atoms with Crippen molar-refractivity contribution < 1.29 is 9.53 Å². The number of nitrogens with zero attached hydrogens (tertiary/aromatic N) is 2. The van der Waals surface area contributed by atoms with Crippen molar-refractivity contribution in [1.29, 1.82) is 0 Å². The summed E-state index contributed by atoms with van der Waals surface area (Å²) < 4.78 is 5.54. The average molecular weight is 302 g/mol. The molecule has 0 aromatic carbocycles. The van der Waals surface area contributed by atoms with Crippen molar-refractivity contribution in [3.05, 3.63) is 35.8 Å². The van der Waals surface area contributed by atoms with E-state index in [0.29, 0.717) is 17.1 Å². The van der Waals surface area contributed by atoms with Crippen LogP contribution in [0.3, 0.4) is 0 Å². The van der Waals surface area contributed by atoms with Crippen LogP contribution in [0.4, 0.5) is 5.82 Å². The van der Waals surface area contributed by atoms with E-state index >= 15 is 0 Å². The topological polar surface area (TPSA) is 79.9 Å². The van der Waals surface area contributed by atoms with Gasteiger partial charge in [-0.1, -0.05) is 13.3 Å². The second-order valence-corrected chi connectivity index (χ2v) is 5.41. The number of pyridine rings is 1. The zero-order valence-electron chi connectivity index (χ0n) is 13.2. The molecule has 6 heteroatoms. The van der Waals surface area contributed by atoms with Crippen LogP contribution in [0.1, 0.15) is 49.7 Å². The maximum absolute atomic E-state index is 12.2. The second-order valence-electron chi connectivity index (χ2n) is 5.41. The van der Waals surface area contributed by atoms with Gasteiger partial charge in [0, 0.05) is 18.0 Å². The minimum absolute atomic E-state index is 0.0348. The molecule has 22 heavy (non-hydrogen) atoms. The molecule has 2 rings (SSSR count). The van der Waals surface area contributed by atoms with Crippen molar-refractivity contribution in [1.82, 2.24) is 15.2 Å². The fourth-order valence-electron chi connectivity index (χ4n) is 1.99. The molecule has 2 N–H and O–H groups in total. The van der Waals surface area contributed by atoms with Gasteiger partial charge in [-0.25, -0.2) is 0 Å². The maximum Gasteiger partial charge on any atom is 0.258 e. The van der Waals surface area contributed by atoms with E-state index in [1.165, 1.54) is 6.20 Å². The fourth-order valence-corrected chi connectivity index (χ4v) is 1.99. The third-order valence-corrected chi connectivity index (χ3v) is 3.02. The zero-order valence-corrected chi connectivity index (χ0v) is 13.2. The summed E-state index contributed by atoms with van der Waals surface area (Å²) in [4.78, 5) is 16.2. The van der Waals surface area contributed by atoms with Crippen molar-refractivity contribution in [2.24, 2.45) is 0 Å². The van der Waals surface area contributed by atoms with Gasteiger partial charge in [0.05, 0.1) is 17.9 Å². The first kappa shape index (κ1) is 16.0. The Labute approximate surface area is 130 Å². The van der Waals surface area contributed by atoms with E-state index in [1.54, 1.807) is 12.3 Å². The van der Waals surface area contributed by atoms with Gasteiger partial charge < -0.3 is 10.1 Å². The van der Waals surface area contributed by atoms with Crippen molar-refractivity contribution in [2.75, 3.05) is 5.32 Å². The number of carbonyl (C=O) groups is 1. The standard InChI is InChI=1S/C16H22N4O2/c1-4-5-6-13-8-15(20-19-13)18-16(21)12-7-14(10-17-9-12)22-11(2)3/h7-11H,4-6H2,1-3H3,(H2,18,19,20,21). The van der Waals surface area contributed by atoms with Crippen LogP contribution in [-0.4, -0.2) is 27.2 Å². The highest BCUT2D eigenvalue weighted by Crippen LogP contribution is 2.15. The first-order chi connectivity index (χ1) is 10.6. The van der Waals surface area contributed by atoms with Crippen LogP contribution in [-0.2, 0) is 6.42 Å². The number of ether oxygens (including phenoxy) is 1.